The summed E-state index contributed by atoms with van der Waals surface area (Å²) < 4.78 is 10.8. The van der Waals surface area contributed by atoms with Crippen LogP contribution in [0.15, 0.2) is 18.2 Å². The molecule has 1 aromatic carbocycles. The van der Waals surface area contributed by atoms with Crippen LogP contribution in [0.25, 0.3) is 0 Å². The minimum Gasteiger partial charge on any atom is -0.494 e. The van der Waals surface area contributed by atoms with Crippen molar-refractivity contribution in [3.05, 3.63) is 18.2 Å². The van der Waals surface area contributed by atoms with E-state index in [0.29, 0.717) is 18.0 Å². The third-order valence-corrected chi connectivity index (χ3v) is 2.35. The van der Waals surface area contributed by atoms with E-state index in [1.807, 2.05) is 12.1 Å². The molecule has 0 saturated carbocycles. The summed E-state index contributed by atoms with van der Waals surface area (Å²) >= 11 is 0. The zero-order chi connectivity index (χ0) is 11.4. The average Bonchev–Trinajstić information content (AvgIpc) is 2.29. The minimum atomic E-state index is -0.127. The van der Waals surface area contributed by atoms with Crippen LogP contribution in [0, 0.1) is 0 Å². The first-order valence-electron chi connectivity index (χ1n) is 5.49. The van der Waals surface area contributed by atoms with E-state index in [0.717, 1.165) is 18.6 Å². The SMILES string of the molecule is CCCCOc1ccc2c(c1)NC(=O)CO2. The van der Waals surface area contributed by atoms with Crippen molar-refractivity contribution in [1.29, 1.82) is 0 Å². The van der Waals surface area contributed by atoms with Crippen molar-refractivity contribution in [2.75, 3.05) is 18.5 Å². The Labute approximate surface area is 94.6 Å². The maximum atomic E-state index is 11.1. The first-order chi connectivity index (χ1) is 7.79. The van der Waals surface area contributed by atoms with Gasteiger partial charge in [-0.1, -0.05) is 13.3 Å². The number of hydrogen-bond acceptors (Lipinski definition) is 3. The van der Waals surface area contributed by atoms with Crippen LogP contribution in [-0.2, 0) is 4.79 Å². The highest BCUT2D eigenvalue weighted by molar-refractivity contribution is 5.95. The Morgan fingerprint density at radius 2 is 2.38 bits per heavy atom. The molecular weight excluding hydrogens is 206 g/mol. The van der Waals surface area contributed by atoms with Crippen LogP contribution in [0.1, 0.15) is 19.8 Å². The number of rotatable bonds is 4. The lowest BCUT2D eigenvalue weighted by Crippen LogP contribution is -2.25. The largest absolute Gasteiger partial charge is 0.494 e. The Morgan fingerprint density at radius 1 is 1.50 bits per heavy atom. The number of anilines is 1. The summed E-state index contributed by atoms with van der Waals surface area (Å²) in [5.74, 6) is 1.33. The van der Waals surface area contributed by atoms with Crippen LogP contribution < -0.4 is 14.8 Å². The number of unbranched alkanes of at least 4 members (excludes halogenated alkanes) is 1. The van der Waals surface area contributed by atoms with Crippen LogP contribution in [0.4, 0.5) is 5.69 Å². The Kier molecular flexibility index (Phi) is 3.29. The van der Waals surface area contributed by atoms with Crippen LogP contribution in [0.5, 0.6) is 11.5 Å². The third kappa shape index (κ3) is 2.45. The summed E-state index contributed by atoms with van der Waals surface area (Å²) in [6.45, 7) is 2.90. The van der Waals surface area contributed by atoms with Crippen LogP contribution in [0.3, 0.4) is 0 Å². The molecule has 1 aromatic rings. The number of benzene rings is 1. The molecule has 0 aromatic heterocycles. The van der Waals surface area contributed by atoms with Crippen molar-refractivity contribution in [1.82, 2.24) is 0 Å². The highest BCUT2D eigenvalue weighted by Crippen LogP contribution is 2.31. The van der Waals surface area contributed by atoms with Crippen LogP contribution in [-0.4, -0.2) is 19.1 Å². The Hall–Kier alpha value is -1.71. The Morgan fingerprint density at radius 3 is 3.19 bits per heavy atom. The van der Waals surface area contributed by atoms with Crippen molar-refractivity contribution >= 4 is 11.6 Å². The Bertz CT molecular complexity index is 390. The highest BCUT2D eigenvalue weighted by Gasteiger charge is 2.15. The van der Waals surface area contributed by atoms with Gasteiger partial charge in [-0.2, -0.15) is 0 Å². The fourth-order valence-corrected chi connectivity index (χ4v) is 1.49. The number of carbonyl (C=O) groups excluding carboxylic acids is 1. The topological polar surface area (TPSA) is 47.6 Å². The van der Waals surface area contributed by atoms with E-state index >= 15 is 0 Å². The molecular formula is C12H15NO3. The molecule has 4 heteroatoms. The van der Waals surface area contributed by atoms with Gasteiger partial charge >= 0.3 is 0 Å². The molecule has 0 radical (unpaired) electrons. The Balaban J connectivity index is 2.06. The summed E-state index contributed by atoms with van der Waals surface area (Å²) in [6.07, 6.45) is 2.13. The predicted octanol–water partition coefficient (Wildman–Crippen LogP) is 2.20. The molecule has 1 aliphatic rings. The lowest BCUT2D eigenvalue weighted by atomic mass is 10.2. The van der Waals surface area contributed by atoms with E-state index in [2.05, 4.69) is 12.2 Å². The molecule has 0 aliphatic carbocycles. The molecule has 0 saturated heterocycles. The molecule has 1 amide bonds. The van der Waals surface area contributed by atoms with Crippen molar-refractivity contribution in [2.45, 2.75) is 19.8 Å². The van der Waals surface area contributed by atoms with Gasteiger partial charge in [0.15, 0.2) is 6.61 Å². The summed E-state index contributed by atoms with van der Waals surface area (Å²) in [4.78, 5) is 11.1. The van der Waals surface area contributed by atoms with Gasteiger partial charge in [-0.05, 0) is 18.6 Å². The van der Waals surface area contributed by atoms with Crippen molar-refractivity contribution in [3.8, 4) is 11.5 Å². The summed E-state index contributed by atoms with van der Waals surface area (Å²) in [5.41, 5.74) is 0.685. The number of fused-ring (bicyclic) bond motifs is 1. The second kappa shape index (κ2) is 4.88. The van der Waals surface area contributed by atoms with Crippen LogP contribution in [0.2, 0.25) is 0 Å². The molecule has 0 spiro atoms. The van der Waals surface area contributed by atoms with Gasteiger partial charge < -0.3 is 14.8 Å². The second-order valence-corrected chi connectivity index (χ2v) is 3.70. The molecule has 2 rings (SSSR count). The van der Waals surface area contributed by atoms with Gasteiger partial charge in [0.1, 0.15) is 11.5 Å². The number of ether oxygens (including phenoxy) is 2. The fourth-order valence-electron chi connectivity index (χ4n) is 1.49. The smallest absolute Gasteiger partial charge is 0.262 e. The zero-order valence-electron chi connectivity index (χ0n) is 9.29. The van der Waals surface area contributed by atoms with Gasteiger partial charge in [0.2, 0.25) is 0 Å². The molecule has 0 fully saturated rings. The van der Waals surface area contributed by atoms with Gasteiger partial charge in [0.25, 0.3) is 5.91 Å². The first-order valence-corrected chi connectivity index (χ1v) is 5.49. The maximum Gasteiger partial charge on any atom is 0.262 e. The monoisotopic (exact) mass is 221 g/mol. The van der Waals surface area contributed by atoms with Gasteiger partial charge in [-0.25, -0.2) is 0 Å². The van der Waals surface area contributed by atoms with Gasteiger partial charge in [0.05, 0.1) is 12.3 Å². The zero-order valence-corrected chi connectivity index (χ0v) is 9.29. The fraction of sp³-hybridized carbons (Fsp3) is 0.417. The number of amides is 1. The predicted molar refractivity (Wildman–Crippen MR) is 61.0 cm³/mol. The molecule has 86 valence electrons. The molecule has 4 nitrogen and oxygen atoms in total. The molecule has 16 heavy (non-hydrogen) atoms. The van der Waals surface area contributed by atoms with E-state index in [-0.39, 0.29) is 12.5 Å². The number of nitrogens with one attached hydrogen (secondary N) is 1. The summed E-state index contributed by atoms with van der Waals surface area (Å²) in [6, 6.07) is 5.46. The maximum absolute atomic E-state index is 11.1. The van der Waals surface area contributed by atoms with E-state index in [1.54, 1.807) is 6.07 Å². The minimum absolute atomic E-state index is 0.0863. The standard InChI is InChI=1S/C12H15NO3/c1-2-3-6-15-9-4-5-11-10(7-9)13-12(14)8-16-11/h4-5,7H,2-3,6,8H2,1H3,(H,13,14). The lowest BCUT2D eigenvalue weighted by molar-refractivity contribution is -0.118. The molecule has 0 unspecified atom stereocenters. The summed E-state index contributed by atoms with van der Waals surface area (Å²) in [7, 11) is 0. The third-order valence-electron chi connectivity index (χ3n) is 2.35. The van der Waals surface area contributed by atoms with Crippen molar-refractivity contribution < 1.29 is 14.3 Å². The summed E-state index contributed by atoms with van der Waals surface area (Å²) in [5, 5.41) is 2.75. The normalized spacial score (nSPS) is 13.7. The van der Waals surface area contributed by atoms with E-state index < -0.39 is 0 Å². The molecule has 1 aliphatic heterocycles. The number of hydrogen-bond donors (Lipinski definition) is 1. The molecule has 1 N–H and O–H groups in total. The molecule has 0 atom stereocenters. The van der Waals surface area contributed by atoms with Gasteiger partial charge in [-0.3, -0.25) is 4.79 Å². The average molecular weight is 221 g/mol. The van der Waals surface area contributed by atoms with E-state index in [4.69, 9.17) is 9.47 Å². The van der Waals surface area contributed by atoms with Gasteiger partial charge in [-0.15, -0.1) is 0 Å². The highest BCUT2D eigenvalue weighted by atomic mass is 16.5. The van der Waals surface area contributed by atoms with Gasteiger partial charge in [0, 0.05) is 6.07 Å². The van der Waals surface area contributed by atoms with Crippen molar-refractivity contribution in [2.24, 2.45) is 0 Å². The quantitative estimate of drug-likeness (QED) is 0.793. The van der Waals surface area contributed by atoms with E-state index in [1.165, 1.54) is 0 Å². The van der Waals surface area contributed by atoms with Crippen LogP contribution >= 0.6 is 0 Å². The lowest BCUT2D eigenvalue weighted by Gasteiger charge is -2.18. The molecule has 0 bridgehead atoms. The molecule has 1 heterocycles. The van der Waals surface area contributed by atoms with Crippen molar-refractivity contribution in [3.63, 3.8) is 0 Å². The van der Waals surface area contributed by atoms with E-state index in [9.17, 15) is 4.79 Å². The number of carbonyl (C=O) groups is 1. The first kappa shape index (κ1) is 10.8. The second-order valence-electron chi connectivity index (χ2n) is 3.70.